The predicted molar refractivity (Wildman–Crippen MR) is 107 cm³/mol. The zero-order valence-corrected chi connectivity index (χ0v) is 17.2. The minimum Gasteiger partial charge on any atom is -0.347 e. The van der Waals surface area contributed by atoms with Gasteiger partial charge in [0, 0.05) is 31.6 Å². The van der Waals surface area contributed by atoms with Crippen molar-refractivity contribution in [3.8, 4) is 0 Å². The van der Waals surface area contributed by atoms with Crippen LogP contribution >= 0.6 is 0 Å². The molecule has 0 aliphatic carbocycles. The van der Waals surface area contributed by atoms with Crippen molar-refractivity contribution in [1.82, 2.24) is 14.9 Å². The van der Waals surface area contributed by atoms with Crippen LogP contribution in [0.25, 0.3) is 0 Å². The number of benzene rings is 2. The van der Waals surface area contributed by atoms with Crippen LogP contribution in [0.2, 0.25) is 0 Å². The van der Waals surface area contributed by atoms with Crippen molar-refractivity contribution >= 4 is 5.91 Å². The summed E-state index contributed by atoms with van der Waals surface area (Å²) < 4.78 is 80.8. The molecule has 0 saturated heterocycles. The van der Waals surface area contributed by atoms with Crippen molar-refractivity contribution in [1.29, 1.82) is 0 Å². The maximum atomic E-state index is 13.2. The summed E-state index contributed by atoms with van der Waals surface area (Å²) in [4.78, 5) is 16.8. The third-order valence-electron chi connectivity index (χ3n) is 5.60. The van der Waals surface area contributed by atoms with E-state index >= 15 is 0 Å². The van der Waals surface area contributed by atoms with E-state index in [2.05, 4.69) is 10.3 Å². The number of rotatable bonds is 4. The summed E-state index contributed by atoms with van der Waals surface area (Å²) in [5.41, 5.74) is -1.64. The van der Waals surface area contributed by atoms with Gasteiger partial charge in [-0.15, -0.1) is 0 Å². The molecule has 0 bridgehead atoms. The number of carbonyl (C=O) groups is 1. The zero-order chi connectivity index (χ0) is 23.8. The van der Waals surface area contributed by atoms with Crippen LogP contribution in [0, 0.1) is 0 Å². The summed E-state index contributed by atoms with van der Waals surface area (Å²) in [5, 5.41) is 2.75. The summed E-state index contributed by atoms with van der Waals surface area (Å²) in [7, 11) is 0. The van der Waals surface area contributed by atoms with Crippen LogP contribution in [0.15, 0.2) is 54.7 Å². The first kappa shape index (κ1) is 22.9. The predicted octanol–water partition coefficient (Wildman–Crippen LogP) is 5.58. The zero-order valence-electron chi connectivity index (χ0n) is 17.2. The molecular weight excluding hydrogens is 448 g/mol. The van der Waals surface area contributed by atoms with Crippen molar-refractivity contribution in [2.75, 3.05) is 0 Å². The fraction of sp³-hybridized carbons (Fsp3) is 0.304. The van der Waals surface area contributed by atoms with Gasteiger partial charge in [-0.25, -0.2) is 4.98 Å². The van der Waals surface area contributed by atoms with Crippen LogP contribution in [-0.4, -0.2) is 15.5 Å². The Morgan fingerprint density at radius 3 is 2.24 bits per heavy atom. The van der Waals surface area contributed by atoms with Gasteiger partial charge in [0.2, 0.25) is 0 Å². The number of nitrogens with one attached hydrogen (secondary N) is 1. The van der Waals surface area contributed by atoms with Crippen molar-refractivity contribution in [2.24, 2.45) is 0 Å². The second-order valence-electron chi connectivity index (χ2n) is 7.94. The number of aromatic nitrogens is 2. The molecule has 4 nitrogen and oxygen atoms in total. The molecule has 174 valence electrons. The van der Waals surface area contributed by atoms with Gasteiger partial charge >= 0.3 is 12.4 Å². The number of halogens is 6. The maximum absolute atomic E-state index is 13.2. The lowest BCUT2D eigenvalue weighted by Gasteiger charge is -2.25. The first-order chi connectivity index (χ1) is 15.5. The molecule has 1 aromatic heterocycles. The molecule has 1 amide bonds. The Morgan fingerprint density at radius 2 is 1.64 bits per heavy atom. The van der Waals surface area contributed by atoms with Gasteiger partial charge in [-0.2, -0.15) is 26.3 Å². The van der Waals surface area contributed by atoms with Crippen LogP contribution < -0.4 is 5.32 Å². The van der Waals surface area contributed by atoms with Gasteiger partial charge in [0.05, 0.1) is 11.1 Å². The van der Waals surface area contributed by atoms with Crippen LogP contribution in [0.4, 0.5) is 26.3 Å². The number of alkyl halides is 6. The Bertz CT molecular complexity index is 1120. The summed E-state index contributed by atoms with van der Waals surface area (Å²) in [5.74, 6) is -0.412. The molecule has 1 N–H and O–H groups in total. The first-order valence-electron chi connectivity index (χ1n) is 10.2. The molecule has 1 aliphatic rings. The molecule has 0 spiro atoms. The molecule has 0 fully saturated rings. The molecule has 2 heterocycles. The Balaban J connectivity index is 1.53. The SMILES string of the molecule is O=C(NCc1ccccc1)c1cn2c(n1)CCC(c1cc(C(F)(F)F)cc(C(F)(F)F)c1)C2. The van der Waals surface area contributed by atoms with E-state index in [9.17, 15) is 31.1 Å². The van der Waals surface area contributed by atoms with Gasteiger partial charge in [0.25, 0.3) is 5.91 Å². The van der Waals surface area contributed by atoms with Crippen LogP contribution in [-0.2, 0) is 31.9 Å². The average molecular weight is 467 g/mol. The van der Waals surface area contributed by atoms with Gasteiger partial charge in [0.1, 0.15) is 11.5 Å². The highest BCUT2D eigenvalue weighted by Crippen LogP contribution is 2.39. The summed E-state index contributed by atoms with van der Waals surface area (Å²) in [6.45, 7) is 0.432. The van der Waals surface area contributed by atoms with Gasteiger partial charge < -0.3 is 9.88 Å². The van der Waals surface area contributed by atoms with E-state index in [4.69, 9.17) is 0 Å². The number of carbonyl (C=O) groups excluding carboxylic acids is 1. The highest BCUT2D eigenvalue weighted by atomic mass is 19.4. The van der Waals surface area contributed by atoms with E-state index in [1.165, 1.54) is 6.20 Å². The Labute approximate surface area is 185 Å². The first-order valence-corrected chi connectivity index (χ1v) is 10.2. The van der Waals surface area contributed by atoms with Crippen LogP contribution in [0.3, 0.4) is 0 Å². The summed E-state index contributed by atoms with van der Waals surface area (Å²) in [6, 6.07) is 10.9. The van der Waals surface area contributed by atoms with Gasteiger partial charge in [-0.05, 0) is 35.7 Å². The lowest BCUT2D eigenvalue weighted by atomic mass is 9.89. The molecule has 4 rings (SSSR count). The van der Waals surface area contributed by atoms with E-state index < -0.39 is 35.3 Å². The van der Waals surface area contributed by atoms with Crippen LogP contribution in [0.1, 0.15) is 50.9 Å². The highest BCUT2D eigenvalue weighted by molar-refractivity contribution is 5.92. The molecule has 33 heavy (non-hydrogen) atoms. The second kappa shape index (κ2) is 8.57. The van der Waals surface area contributed by atoms with E-state index in [-0.39, 0.29) is 23.9 Å². The number of aryl methyl sites for hydroxylation is 1. The summed E-state index contributed by atoms with van der Waals surface area (Å²) >= 11 is 0. The Kier molecular flexibility index (Phi) is 5.94. The fourth-order valence-corrected chi connectivity index (χ4v) is 3.91. The standard InChI is InChI=1S/C23H19F6N3O/c24-22(25,26)17-8-16(9-18(10-17)23(27,28)29)15-6-7-20-31-19(13-32(20)12-15)21(33)30-11-14-4-2-1-3-5-14/h1-5,8-10,13,15H,6-7,11-12H2,(H,30,33). The molecule has 0 radical (unpaired) electrons. The molecule has 1 aliphatic heterocycles. The van der Waals surface area contributed by atoms with E-state index in [1.54, 1.807) is 4.57 Å². The lowest BCUT2D eigenvalue weighted by molar-refractivity contribution is -0.143. The topological polar surface area (TPSA) is 46.9 Å². The smallest absolute Gasteiger partial charge is 0.347 e. The number of fused-ring (bicyclic) bond motifs is 1. The Morgan fingerprint density at radius 1 is 1.00 bits per heavy atom. The summed E-state index contributed by atoms with van der Waals surface area (Å²) in [6.07, 6.45) is -7.65. The second-order valence-corrected chi connectivity index (χ2v) is 7.94. The van der Waals surface area contributed by atoms with Crippen molar-refractivity contribution in [3.05, 3.63) is 88.5 Å². The largest absolute Gasteiger partial charge is 0.416 e. The number of hydrogen-bond donors (Lipinski definition) is 1. The quantitative estimate of drug-likeness (QED) is 0.510. The minimum atomic E-state index is -4.89. The Hall–Kier alpha value is -3.30. The molecule has 10 heteroatoms. The molecule has 1 unspecified atom stereocenters. The highest BCUT2D eigenvalue weighted by Gasteiger charge is 2.38. The molecule has 3 aromatic rings. The van der Waals surface area contributed by atoms with E-state index in [0.717, 1.165) is 17.7 Å². The van der Waals surface area contributed by atoms with Crippen molar-refractivity contribution < 1.29 is 31.1 Å². The van der Waals surface area contributed by atoms with Crippen molar-refractivity contribution in [2.45, 2.75) is 44.2 Å². The fourth-order valence-electron chi connectivity index (χ4n) is 3.91. The lowest BCUT2D eigenvalue weighted by Crippen LogP contribution is -2.23. The molecule has 1 atom stereocenters. The molecule has 2 aromatic carbocycles. The minimum absolute atomic E-state index is 0.0356. The number of amides is 1. The number of nitrogens with zero attached hydrogens (tertiary/aromatic N) is 2. The maximum Gasteiger partial charge on any atom is 0.416 e. The van der Waals surface area contributed by atoms with Gasteiger partial charge in [-0.3, -0.25) is 4.79 Å². The van der Waals surface area contributed by atoms with E-state index in [0.29, 0.717) is 25.2 Å². The van der Waals surface area contributed by atoms with E-state index in [1.807, 2.05) is 30.3 Å². The molecular formula is C23H19F6N3O. The third-order valence-corrected chi connectivity index (χ3v) is 5.60. The monoisotopic (exact) mass is 467 g/mol. The van der Waals surface area contributed by atoms with Gasteiger partial charge in [-0.1, -0.05) is 30.3 Å². The molecule has 0 saturated carbocycles. The van der Waals surface area contributed by atoms with Gasteiger partial charge in [0.15, 0.2) is 0 Å². The van der Waals surface area contributed by atoms with Crippen molar-refractivity contribution in [3.63, 3.8) is 0 Å². The van der Waals surface area contributed by atoms with Crippen LogP contribution in [0.5, 0.6) is 0 Å². The third kappa shape index (κ3) is 5.20. The normalized spacial score (nSPS) is 16.4. The number of hydrogen-bond acceptors (Lipinski definition) is 2. The number of imidazole rings is 1. The average Bonchev–Trinajstić information content (AvgIpc) is 3.20.